The smallest absolute Gasteiger partial charge is 0.204 e. The van der Waals surface area contributed by atoms with E-state index in [0.29, 0.717) is 36.0 Å². The molecule has 4 heteroatoms. The third kappa shape index (κ3) is 4.67. The fourth-order valence-electron chi connectivity index (χ4n) is 2.74. The average molecular weight is 362 g/mol. The van der Waals surface area contributed by atoms with Gasteiger partial charge in [0.1, 0.15) is 13.2 Å². The normalized spacial score (nSPS) is 10.3. The Hall–Kier alpha value is -3.27. The van der Waals surface area contributed by atoms with E-state index in [0.717, 1.165) is 11.1 Å². The highest BCUT2D eigenvalue weighted by atomic mass is 16.5. The fourth-order valence-corrected chi connectivity index (χ4v) is 2.74. The van der Waals surface area contributed by atoms with Gasteiger partial charge in [0.15, 0.2) is 17.3 Å². The molecule has 0 radical (unpaired) electrons. The van der Waals surface area contributed by atoms with E-state index in [1.807, 2.05) is 60.7 Å². The van der Waals surface area contributed by atoms with Crippen LogP contribution in [0.15, 0.2) is 72.8 Å². The third-order valence-corrected chi connectivity index (χ3v) is 4.12. The number of Topliss-reactive ketones (excluding diaryl/α,β-unsaturated/α-hetero) is 1. The Morgan fingerprint density at radius 1 is 0.741 bits per heavy atom. The van der Waals surface area contributed by atoms with Gasteiger partial charge in [-0.3, -0.25) is 4.79 Å². The fraction of sp³-hybridized carbons (Fsp3) is 0.174. The number of carbonyl (C=O) groups is 1. The van der Waals surface area contributed by atoms with E-state index in [-0.39, 0.29) is 5.78 Å². The molecule has 0 aromatic heterocycles. The second-order valence-electron chi connectivity index (χ2n) is 6.08. The summed E-state index contributed by atoms with van der Waals surface area (Å²) in [5.74, 6) is 1.27. The van der Waals surface area contributed by atoms with Crippen LogP contribution in [0.3, 0.4) is 0 Å². The highest BCUT2D eigenvalue weighted by Crippen LogP contribution is 2.41. The molecule has 0 N–H and O–H groups in total. The van der Waals surface area contributed by atoms with Gasteiger partial charge >= 0.3 is 0 Å². The van der Waals surface area contributed by atoms with Gasteiger partial charge in [0.25, 0.3) is 0 Å². The van der Waals surface area contributed by atoms with E-state index >= 15 is 0 Å². The number of hydrogen-bond acceptors (Lipinski definition) is 4. The molecule has 27 heavy (non-hydrogen) atoms. The van der Waals surface area contributed by atoms with Crippen molar-refractivity contribution in [3.63, 3.8) is 0 Å². The molecule has 0 fully saturated rings. The monoisotopic (exact) mass is 362 g/mol. The number of carbonyl (C=O) groups excluding carboxylic acids is 1. The number of hydrogen-bond donors (Lipinski definition) is 0. The Balaban J connectivity index is 1.87. The number of methoxy groups -OCH3 is 1. The van der Waals surface area contributed by atoms with E-state index in [1.54, 1.807) is 19.2 Å². The van der Waals surface area contributed by atoms with Crippen molar-refractivity contribution in [1.82, 2.24) is 0 Å². The molecule has 3 aromatic rings. The predicted molar refractivity (Wildman–Crippen MR) is 105 cm³/mol. The van der Waals surface area contributed by atoms with Gasteiger partial charge in [-0.1, -0.05) is 60.7 Å². The lowest BCUT2D eigenvalue weighted by atomic mass is 10.1. The van der Waals surface area contributed by atoms with Gasteiger partial charge in [-0.25, -0.2) is 0 Å². The van der Waals surface area contributed by atoms with Crippen molar-refractivity contribution in [2.45, 2.75) is 20.1 Å². The summed E-state index contributed by atoms with van der Waals surface area (Å²) in [4.78, 5) is 12.1. The van der Waals surface area contributed by atoms with Crippen molar-refractivity contribution in [2.75, 3.05) is 7.11 Å². The van der Waals surface area contributed by atoms with Gasteiger partial charge in [-0.05, 0) is 30.2 Å². The molecule has 0 heterocycles. The maximum atomic E-state index is 12.1. The van der Waals surface area contributed by atoms with Crippen LogP contribution in [-0.2, 0) is 13.2 Å². The molecule has 0 atom stereocenters. The summed E-state index contributed by atoms with van der Waals surface area (Å²) >= 11 is 0. The molecule has 0 bridgehead atoms. The van der Waals surface area contributed by atoms with Gasteiger partial charge in [0.05, 0.1) is 12.7 Å². The van der Waals surface area contributed by atoms with Crippen molar-refractivity contribution < 1.29 is 19.0 Å². The quantitative estimate of drug-likeness (QED) is 0.526. The van der Waals surface area contributed by atoms with E-state index in [2.05, 4.69) is 0 Å². The van der Waals surface area contributed by atoms with E-state index in [9.17, 15) is 4.79 Å². The lowest BCUT2D eigenvalue weighted by Crippen LogP contribution is -2.06. The van der Waals surface area contributed by atoms with Crippen LogP contribution in [0.5, 0.6) is 17.2 Å². The first-order valence-electron chi connectivity index (χ1n) is 8.74. The minimum atomic E-state index is -0.0917. The SMILES string of the molecule is COc1c(OCc2ccccc2)ccc(C(C)=O)c1OCc1ccccc1. The van der Waals surface area contributed by atoms with Crippen LogP contribution in [0.1, 0.15) is 28.4 Å². The molecular formula is C23H22O4. The number of benzene rings is 3. The summed E-state index contributed by atoms with van der Waals surface area (Å²) in [6, 6.07) is 23.1. The topological polar surface area (TPSA) is 44.8 Å². The predicted octanol–water partition coefficient (Wildman–Crippen LogP) is 5.06. The Bertz CT molecular complexity index is 889. The Labute approximate surface area is 159 Å². The summed E-state index contributed by atoms with van der Waals surface area (Å²) in [6.07, 6.45) is 0. The largest absolute Gasteiger partial charge is 0.490 e. The van der Waals surface area contributed by atoms with Gasteiger partial charge < -0.3 is 14.2 Å². The molecule has 0 saturated heterocycles. The number of rotatable bonds is 8. The minimum absolute atomic E-state index is 0.0917. The maximum absolute atomic E-state index is 12.1. The second-order valence-corrected chi connectivity index (χ2v) is 6.08. The van der Waals surface area contributed by atoms with Crippen molar-refractivity contribution in [3.8, 4) is 17.2 Å². The zero-order valence-electron chi connectivity index (χ0n) is 15.5. The Morgan fingerprint density at radius 3 is 1.81 bits per heavy atom. The van der Waals surface area contributed by atoms with Gasteiger partial charge in [0.2, 0.25) is 5.75 Å². The molecule has 3 aromatic carbocycles. The zero-order chi connectivity index (χ0) is 19.1. The highest BCUT2D eigenvalue weighted by Gasteiger charge is 2.20. The van der Waals surface area contributed by atoms with Crippen LogP contribution in [0.4, 0.5) is 0 Å². The zero-order valence-corrected chi connectivity index (χ0v) is 15.5. The lowest BCUT2D eigenvalue weighted by Gasteiger charge is -2.17. The van der Waals surface area contributed by atoms with Crippen LogP contribution in [-0.4, -0.2) is 12.9 Å². The molecule has 138 valence electrons. The lowest BCUT2D eigenvalue weighted by molar-refractivity contribution is 0.101. The van der Waals surface area contributed by atoms with E-state index < -0.39 is 0 Å². The van der Waals surface area contributed by atoms with E-state index in [4.69, 9.17) is 14.2 Å². The molecule has 4 nitrogen and oxygen atoms in total. The van der Waals surface area contributed by atoms with Crippen LogP contribution in [0.25, 0.3) is 0 Å². The number of ketones is 1. The third-order valence-electron chi connectivity index (χ3n) is 4.12. The molecular weight excluding hydrogens is 340 g/mol. The van der Waals surface area contributed by atoms with E-state index in [1.165, 1.54) is 6.92 Å². The summed E-state index contributed by atoms with van der Waals surface area (Å²) in [6.45, 7) is 2.24. The first kappa shape index (κ1) is 18.5. The first-order valence-corrected chi connectivity index (χ1v) is 8.74. The molecule has 0 aliphatic heterocycles. The average Bonchev–Trinajstić information content (AvgIpc) is 2.71. The maximum Gasteiger partial charge on any atom is 0.204 e. The molecule has 0 aliphatic rings. The van der Waals surface area contributed by atoms with Crippen LogP contribution < -0.4 is 14.2 Å². The Kier molecular flexibility index (Phi) is 6.10. The highest BCUT2D eigenvalue weighted by molar-refractivity contribution is 5.98. The van der Waals surface area contributed by atoms with Crippen LogP contribution in [0, 0.1) is 0 Å². The summed E-state index contributed by atoms with van der Waals surface area (Å²) < 4.78 is 17.4. The summed E-state index contributed by atoms with van der Waals surface area (Å²) in [5.41, 5.74) is 2.52. The van der Waals surface area contributed by atoms with Gasteiger partial charge in [0, 0.05) is 0 Å². The van der Waals surface area contributed by atoms with Crippen molar-refractivity contribution in [1.29, 1.82) is 0 Å². The molecule has 0 saturated carbocycles. The molecule has 0 aliphatic carbocycles. The van der Waals surface area contributed by atoms with Crippen LogP contribution in [0.2, 0.25) is 0 Å². The molecule has 0 spiro atoms. The molecule has 3 rings (SSSR count). The summed E-state index contributed by atoms with van der Waals surface area (Å²) in [7, 11) is 1.55. The standard InChI is InChI=1S/C23H22O4/c1-17(24)20-13-14-21(26-15-18-9-5-3-6-10-18)23(25-2)22(20)27-16-19-11-7-4-8-12-19/h3-14H,15-16H2,1-2H3. The second kappa shape index (κ2) is 8.90. The van der Waals surface area contributed by atoms with Crippen molar-refractivity contribution in [2.24, 2.45) is 0 Å². The molecule has 0 unspecified atom stereocenters. The van der Waals surface area contributed by atoms with Crippen LogP contribution >= 0.6 is 0 Å². The number of ether oxygens (including phenoxy) is 3. The van der Waals surface area contributed by atoms with Crippen molar-refractivity contribution in [3.05, 3.63) is 89.5 Å². The van der Waals surface area contributed by atoms with Crippen molar-refractivity contribution >= 4 is 5.78 Å². The van der Waals surface area contributed by atoms with Gasteiger partial charge in [-0.15, -0.1) is 0 Å². The first-order chi connectivity index (χ1) is 13.2. The Morgan fingerprint density at radius 2 is 1.30 bits per heavy atom. The minimum Gasteiger partial charge on any atom is -0.490 e. The molecule has 0 amide bonds. The van der Waals surface area contributed by atoms with Gasteiger partial charge in [-0.2, -0.15) is 0 Å². The summed E-state index contributed by atoms with van der Waals surface area (Å²) in [5, 5.41) is 0.